The third kappa shape index (κ3) is 1.44. The highest BCUT2D eigenvalue weighted by atomic mass is 14.1. The van der Waals surface area contributed by atoms with Crippen molar-refractivity contribution in [3.63, 3.8) is 0 Å². The molecule has 0 saturated heterocycles. The molecular formula is C13H14. The number of rotatable bonds is 1. The zero-order valence-electron chi connectivity index (χ0n) is 8.17. The second-order valence-corrected chi connectivity index (χ2v) is 3.56. The number of hydrogen-bond acceptors (Lipinski definition) is 0. The first-order chi connectivity index (χ1) is 6.29. The molecule has 2 rings (SSSR count). The molecule has 0 aliphatic heterocycles. The standard InChI is InChI=1S/C13H14/c1-10-6-5-7-11(2)13(10)12-8-3-4-9-12/h3,5-9H,4H2,1-2H3. The minimum atomic E-state index is 1.09. The van der Waals surface area contributed by atoms with Crippen LogP contribution in [0.4, 0.5) is 0 Å². The Kier molecular flexibility index (Phi) is 2.05. The Hall–Kier alpha value is -1.30. The molecule has 1 aliphatic rings. The molecule has 0 fully saturated rings. The summed E-state index contributed by atoms with van der Waals surface area (Å²) >= 11 is 0. The van der Waals surface area contributed by atoms with Crippen molar-refractivity contribution in [3.05, 3.63) is 53.1 Å². The molecule has 0 nitrogen and oxygen atoms in total. The van der Waals surface area contributed by atoms with E-state index >= 15 is 0 Å². The van der Waals surface area contributed by atoms with Gasteiger partial charge in [0.2, 0.25) is 0 Å². The SMILES string of the molecule is Cc1cccc(C)c1C1=CCC=C1. The predicted molar refractivity (Wildman–Crippen MR) is 57.7 cm³/mol. The van der Waals surface area contributed by atoms with Gasteiger partial charge in [-0.05, 0) is 42.5 Å². The third-order valence-electron chi connectivity index (χ3n) is 2.54. The van der Waals surface area contributed by atoms with Crippen molar-refractivity contribution in [2.24, 2.45) is 0 Å². The van der Waals surface area contributed by atoms with E-state index in [1.165, 1.54) is 22.3 Å². The van der Waals surface area contributed by atoms with Crippen LogP contribution in [0.1, 0.15) is 23.1 Å². The highest BCUT2D eigenvalue weighted by molar-refractivity contribution is 5.79. The number of allylic oxidation sites excluding steroid dienone is 4. The number of aryl methyl sites for hydroxylation is 2. The van der Waals surface area contributed by atoms with Crippen LogP contribution < -0.4 is 0 Å². The van der Waals surface area contributed by atoms with Crippen LogP contribution in [0.5, 0.6) is 0 Å². The molecule has 0 unspecified atom stereocenters. The van der Waals surface area contributed by atoms with E-state index in [-0.39, 0.29) is 0 Å². The van der Waals surface area contributed by atoms with Gasteiger partial charge >= 0.3 is 0 Å². The summed E-state index contributed by atoms with van der Waals surface area (Å²) in [6.07, 6.45) is 7.80. The molecule has 66 valence electrons. The first-order valence-electron chi connectivity index (χ1n) is 4.72. The summed E-state index contributed by atoms with van der Waals surface area (Å²) in [6.45, 7) is 4.35. The van der Waals surface area contributed by atoms with Crippen LogP contribution in [-0.2, 0) is 0 Å². The van der Waals surface area contributed by atoms with Gasteiger partial charge in [0.15, 0.2) is 0 Å². The van der Waals surface area contributed by atoms with E-state index in [9.17, 15) is 0 Å². The molecule has 0 amide bonds. The summed E-state index contributed by atoms with van der Waals surface area (Å²) in [5, 5.41) is 0. The smallest absolute Gasteiger partial charge is 0.0129 e. The van der Waals surface area contributed by atoms with E-state index < -0.39 is 0 Å². The summed E-state index contributed by atoms with van der Waals surface area (Å²) in [6, 6.07) is 6.47. The minimum absolute atomic E-state index is 1.09. The van der Waals surface area contributed by atoms with Gasteiger partial charge in [-0.15, -0.1) is 0 Å². The molecule has 1 aromatic carbocycles. The van der Waals surface area contributed by atoms with Crippen LogP contribution in [0.2, 0.25) is 0 Å². The van der Waals surface area contributed by atoms with Crippen LogP contribution in [0.25, 0.3) is 5.57 Å². The van der Waals surface area contributed by atoms with Crippen molar-refractivity contribution in [3.8, 4) is 0 Å². The lowest BCUT2D eigenvalue weighted by Crippen LogP contribution is -1.89. The van der Waals surface area contributed by atoms with E-state index in [0.717, 1.165) is 6.42 Å². The molecule has 0 aromatic heterocycles. The van der Waals surface area contributed by atoms with Gasteiger partial charge in [-0.3, -0.25) is 0 Å². The topological polar surface area (TPSA) is 0 Å². The van der Waals surface area contributed by atoms with Gasteiger partial charge in [-0.25, -0.2) is 0 Å². The average molecular weight is 170 g/mol. The normalized spacial score (nSPS) is 14.8. The van der Waals surface area contributed by atoms with Crippen LogP contribution in [0.15, 0.2) is 36.4 Å². The van der Waals surface area contributed by atoms with Gasteiger partial charge in [0.05, 0.1) is 0 Å². The highest BCUT2D eigenvalue weighted by Crippen LogP contribution is 2.27. The molecular weight excluding hydrogens is 156 g/mol. The lowest BCUT2D eigenvalue weighted by Gasteiger charge is -2.08. The molecule has 0 saturated carbocycles. The Balaban J connectivity index is 2.56. The van der Waals surface area contributed by atoms with Crippen LogP contribution >= 0.6 is 0 Å². The first kappa shape index (κ1) is 8.31. The molecule has 0 spiro atoms. The van der Waals surface area contributed by atoms with Crippen LogP contribution in [0, 0.1) is 13.8 Å². The maximum Gasteiger partial charge on any atom is -0.0129 e. The molecule has 0 radical (unpaired) electrons. The van der Waals surface area contributed by atoms with Gasteiger partial charge in [0.1, 0.15) is 0 Å². The molecule has 0 heterocycles. The fraction of sp³-hybridized carbons (Fsp3) is 0.231. The predicted octanol–water partition coefficient (Wildman–Crippen LogP) is 3.65. The third-order valence-corrected chi connectivity index (χ3v) is 2.54. The monoisotopic (exact) mass is 170 g/mol. The molecule has 0 heteroatoms. The number of benzene rings is 1. The van der Waals surface area contributed by atoms with Gasteiger partial charge in [-0.2, -0.15) is 0 Å². The average Bonchev–Trinajstić information content (AvgIpc) is 2.57. The second kappa shape index (κ2) is 3.21. The molecule has 0 atom stereocenters. The largest absolute Gasteiger partial charge is 0.0801 e. The van der Waals surface area contributed by atoms with Crippen LogP contribution in [-0.4, -0.2) is 0 Å². The fourth-order valence-corrected chi connectivity index (χ4v) is 1.91. The maximum absolute atomic E-state index is 2.29. The van der Waals surface area contributed by atoms with E-state index in [4.69, 9.17) is 0 Å². The maximum atomic E-state index is 2.29. The Morgan fingerprint density at radius 1 is 1.08 bits per heavy atom. The second-order valence-electron chi connectivity index (χ2n) is 3.56. The van der Waals surface area contributed by atoms with Gasteiger partial charge < -0.3 is 0 Å². The molecule has 0 bridgehead atoms. The van der Waals surface area contributed by atoms with Gasteiger partial charge in [0.25, 0.3) is 0 Å². The van der Waals surface area contributed by atoms with Crippen LogP contribution in [0.3, 0.4) is 0 Å². The molecule has 1 aromatic rings. The zero-order chi connectivity index (χ0) is 9.26. The summed E-state index contributed by atoms with van der Waals surface area (Å²) in [5.74, 6) is 0. The Bertz CT molecular complexity index is 361. The van der Waals surface area contributed by atoms with E-state index in [0.29, 0.717) is 0 Å². The number of hydrogen-bond donors (Lipinski definition) is 0. The Morgan fingerprint density at radius 3 is 2.31 bits per heavy atom. The molecule has 1 aliphatic carbocycles. The summed E-state index contributed by atoms with van der Waals surface area (Å²) < 4.78 is 0. The lowest BCUT2D eigenvalue weighted by atomic mass is 9.96. The van der Waals surface area contributed by atoms with Crippen molar-refractivity contribution in [1.29, 1.82) is 0 Å². The quantitative estimate of drug-likeness (QED) is 0.603. The van der Waals surface area contributed by atoms with Crippen molar-refractivity contribution in [2.75, 3.05) is 0 Å². The summed E-state index contributed by atoms with van der Waals surface area (Å²) in [7, 11) is 0. The van der Waals surface area contributed by atoms with E-state index in [2.05, 4.69) is 50.3 Å². The van der Waals surface area contributed by atoms with Gasteiger partial charge in [0, 0.05) is 0 Å². The van der Waals surface area contributed by atoms with Gasteiger partial charge in [-0.1, -0.05) is 36.4 Å². The first-order valence-corrected chi connectivity index (χ1v) is 4.72. The highest BCUT2D eigenvalue weighted by Gasteiger charge is 2.06. The summed E-state index contributed by atoms with van der Waals surface area (Å²) in [4.78, 5) is 0. The van der Waals surface area contributed by atoms with Crippen molar-refractivity contribution >= 4 is 5.57 Å². The summed E-state index contributed by atoms with van der Waals surface area (Å²) in [5.41, 5.74) is 5.54. The Labute approximate surface area is 79.6 Å². The fourth-order valence-electron chi connectivity index (χ4n) is 1.91. The van der Waals surface area contributed by atoms with E-state index in [1.807, 2.05) is 0 Å². The van der Waals surface area contributed by atoms with Crippen molar-refractivity contribution in [1.82, 2.24) is 0 Å². The molecule has 13 heavy (non-hydrogen) atoms. The zero-order valence-corrected chi connectivity index (χ0v) is 8.17. The van der Waals surface area contributed by atoms with Crippen molar-refractivity contribution in [2.45, 2.75) is 20.3 Å². The minimum Gasteiger partial charge on any atom is -0.0801 e. The lowest BCUT2D eigenvalue weighted by molar-refractivity contribution is 1.34. The Morgan fingerprint density at radius 2 is 1.77 bits per heavy atom. The van der Waals surface area contributed by atoms with E-state index in [1.54, 1.807) is 0 Å². The molecule has 0 N–H and O–H groups in total. The van der Waals surface area contributed by atoms with Crippen molar-refractivity contribution < 1.29 is 0 Å².